The Labute approximate surface area is 245 Å². The highest BCUT2D eigenvalue weighted by Crippen LogP contribution is 2.30. The van der Waals surface area contributed by atoms with Crippen molar-refractivity contribution in [2.24, 2.45) is 13.0 Å². The van der Waals surface area contributed by atoms with Crippen molar-refractivity contribution in [3.63, 3.8) is 0 Å². The van der Waals surface area contributed by atoms with Crippen molar-refractivity contribution in [3.05, 3.63) is 83.6 Å². The van der Waals surface area contributed by atoms with Crippen LogP contribution in [0.25, 0.3) is 10.9 Å². The van der Waals surface area contributed by atoms with E-state index in [2.05, 4.69) is 10.6 Å². The molecule has 5 rings (SSSR count). The number of para-hydroxylation sites is 1. The third kappa shape index (κ3) is 5.85. The van der Waals surface area contributed by atoms with Gasteiger partial charge in [0, 0.05) is 36.4 Å². The van der Waals surface area contributed by atoms with Gasteiger partial charge in [-0.1, -0.05) is 24.3 Å². The van der Waals surface area contributed by atoms with E-state index in [1.165, 1.54) is 25.3 Å². The Morgan fingerprint density at radius 3 is 2.44 bits per heavy atom. The highest BCUT2D eigenvalue weighted by Gasteiger charge is 2.31. The van der Waals surface area contributed by atoms with Gasteiger partial charge in [0.25, 0.3) is 17.7 Å². The number of amides is 2. The van der Waals surface area contributed by atoms with E-state index >= 15 is 4.39 Å². The third-order valence-electron chi connectivity index (χ3n) is 7.86. The molecule has 12 heteroatoms. The quantitative estimate of drug-likeness (QED) is 0.209. The second kappa shape index (κ2) is 12.1. The van der Waals surface area contributed by atoms with Crippen LogP contribution in [0.4, 0.5) is 20.2 Å². The maximum absolute atomic E-state index is 15.5. The van der Waals surface area contributed by atoms with Gasteiger partial charge in [-0.05, 0) is 55.5 Å². The summed E-state index contributed by atoms with van der Waals surface area (Å²) in [5.41, 5.74) is 6.89. The SMILES string of the molecule is COC(=O)C1CCC(NC(=O)c2c(F)ccn2C(=O)C(F)c2ccc(NC(=O)c3cn(C)c4ccccc34)c(N)c2)CC1. The summed E-state index contributed by atoms with van der Waals surface area (Å²) >= 11 is 0. The lowest BCUT2D eigenvalue weighted by molar-refractivity contribution is -0.146. The summed E-state index contributed by atoms with van der Waals surface area (Å²) in [6, 6.07) is 11.8. The average molecular weight is 592 g/mol. The number of carbonyl (C=O) groups is 4. The topological polar surface area (TPSA) is 137 Å². The number of nitrogens with two attached hydrogens (primary N) is 1. The van der Waals surface area contributed by atoms with Crippen molar-refractivity contribution in [3.8, 4) is 0 Å². The lowest BCUT2D eigenvalue weighted by Gasteiger charge is -2.27. The number of esters is 1. The molecule has 0 saturated heterocycles. The molecule has 2 heterocycles. The number of nitrogens with zero attached hydrogens (tertiary/aromatic N) is 2. The largest absolute Gasteiger partial charge is 0.469 e. The molecule has 1 fully saturated rings. The summed E-state index contributed by atoms with van der Waals surface area (Å²) in [7, 11) is 3.14. The van der Waals surface area contributed by atoms with E-state index in [1.54, 1.807) is 6.20 Å². The number of aromatic nitrogens is 2. The number of nitrogen functional groups attached to an aromatic ring is 1. The first-order valence-electron chi connectivity index (χ1n) is 13.8. The van der Waals surface area contributed by atoms with Crippen LogP contribution in [0.2, 0.25) is 0 Å². The second-order valence-corrected chi connectivity index (χ2v) is 10.6. The van der Waals surface area contributed by atoms with Gasteiger partial charge in [-0.15, -0.1) is 0 Å². The van der Waals surface area contributed by atoms with E-state index in [4.69, 9.17) is 10.5 Å². The van der Waals surface area contributed by atoms with E-state index in [-0.39, 0.29) is 34.9 Å². The molecule has 43 heavy (non-hydrogen) atoms. The van der Waals surface area contributed by atoms with Crippen LogP contribution in [-0.4, -0.2) is 46.0 Å². The lowest BCUT2D eigenvalue weighted by Crippen LogP contribution is -2.40. The number of hydrogen-bond acceptors (Lipinski definition) is 6. The van der Waals surface area contributed by atoms with Crippen LogP contribution < -0.4 is 16.4 Å². The first kappa shape index (κ1) is 29.5. The van der Waals surface area contributed by atoms with Crippen LogP contribution in [-0.2, 0) is 16.6 Å². The summed E-state index contributed by atoms with van der Waals surface area (Å²) in [5, 5.41) is 6.16. The van der Waals surface area contributed by atoms with Gasteiger partial charge in [-0.2, -0.15) is 0 Å². The fourth-order valence-electron chi connectivity index (χ4n) is 5.53. The summed E-state index contributed by atoms with van der Waals surface area (Å²) < 4.78 is 37.4. The Bertz CT molecular complexity index is 1720. The molecule has 1 saturated carbocycles. The molecule has 0 bridgehead atoms. The standard InChI is InChI=1S/C31H31F2N5O5/c1-37-16-21(20-5-3-4-6-25(20)37)28(39)36-24-12-9-18(15-23(24)34)26(33)30(41)38-14-13-22(32)27(38)29(40)35-19-10-7-17(8-11-19)31(42)43-2/h3-6,9,12-17,19,26H,7-8,10-11,34H2,1-2H3,(H,35,40)(H,36,39). The number of benzene rings is 2. The molecule has 0 spiro atoms. The Kier molecular flexibility index (Phi) is 8.29. The minimum absolute atomic E-state index is 0.0146. The van der Waals surface area contributed by atoms with E-state index in [9.17, 15) is 23.6 Å². The summed E-state index contributed by atoms with van der Waals surface area (Å²) in [6.45, 7) is 0. The predicted molar refractivity (Wildman–Crippen MR) is 156 cm³/mol. The molecule has 1 unspecified atom stereocenters. The molecule has 10 nitrogen and oxygen atoms in total. The van der Waals surface area contributed by atoms with Crippen molar-refractivity contribution >= 4 is 46.0 Å². The number of rotatable bonds is 7. The fraction of sp³-hybridized carbons (Fsp3) is 0.290. The maximum atomic E-state index is 15.5. The first-order chi connectivity index (χ1) is 20.6. The van der Waals surface area contributed by atoms with Crippen LogP contribution in [0.3, 0.4) is 0 Å². The number of alkyl halides is 1. The fourth-order valence-corrected chi connectivity index (χ4v) is 5.53. The number of methoxy groups -OCH3 is 1. The van der Waals surface area contributed by atoms with Gasteiger partial charge in [-0.3, -0.25) is 23.7 Å². The average Bonchev–Trinajstić information content (AvgIpc) is 3.57. The van der Waals surface area contributed by atoms with Crippen molar-refractivity contribution < 1.29 is 32.7 Å². The Balaban J connectivity index is 1.27. The van der Waals surface area contributed by atoms with Gasteiger partial charge in [-0.25, -0.2) is 8.78 Å². The van der Waals surface area contributed by atoms with Crippen LogP contribution in [0.15, 0.2) is 60.9 Å². The Morgan fingerprint density at radius 1 is 1.02 bits per heavy atom. The molecule has 1 atom stereocenters. The van der Waals surface area contributed by atoms with Crippen LogP contribution in [0.1, 0.15) is 63.1 Å². The monoisotopic (exact) mass is 591 g/mol. The molecule has 0 aliphatic heterocycles. The number of halogens is 2. The number of hydrogen-bond donors (Lipinski definition) is 3. The van der Waals surface area contributed by atoms with Gasteiger partial charge in [0.05, 0.1) is 30.0 Å². The summed E-state index contributed by atoms with van der Waals surface area (Å²) in [4.78, 5) is 50.8. The van der Waals surface area contributed by atoms with Crippen molar-refractivity contribution in [1.82, 2.24) is 14.5 Å². The van der Waals surface area contributed by atoms with E-state index in [0.29, 0.717) is 35.8 Å². The van der Waals surface area contributed by atoms with Gasteiger partial charge >= 0.3 is 5.97 Å². The Hall–Kier alpha value is -5.00. The molecule has 4 aromatic rings. The van der Waals surface area contributed by atoms with Crippen molar-refractivity contribution in [1.29, 1.82) is 0 Å². The number of aryl methyl sites for hydroxylation is 1. The molecule has 2 aromatic heterocycles. The van der Waals surface area contributed by atoms with Crippen LogP contribution in [0.5, 0.6) is 0 Å². The van der Waals surface area contributed by atoms with Crippen molar-refractivity contribution in [2.45, 2.75) is 37.9 Å². The van der Waals surface area contributed by atoms with Crippen LogP contribution >= 0.6 is 0 Å². The number of nitrogens with one attached hydrogen (secondary N) is 2. The molecular weight excluding hydrogens is 560 g/mol. The molecule has 1 aliphatic carbocycles. The molecule has 4 N–H and O–H groups in total. The highest BCUT2D eigenvalue weighted by molar-refractivity contribution is 6.13. The van der Waals surface area contributed by atoms with E-state index in [1.807, 2.05) is 35.9 Å². The Morgan fingerprint density at radius 2 is 1.74 bits per heavy atom. The van der Waals surface area contributed by atoms with E-state index < -0.39 is 35.4 Å². The summed E-state index contributed by atoms with van der Waals surface area (Å²) in [6.07, 6.45) is 2.33. The van der Waals surface area contributed by atoms with Gasteiger partial charge < -0.3 is 25.7 Å². The normalized spacial score (nSPS) is 17.3. The summed E-state index contributed by atoms with van der Waals surface area (Å²) in [5.74, 6) is -4.03. The number of fused-ring (bicyclic) bond motifs is 1. The predicted octanol–water partition coefficient (Wildman–Crippen LogP) is 4.77. The molecule has 1 aliphatic rings. The smallest absolute Gasteiger partial charge is 0.308 e. The number of anilines is 2. The molecule has 224 valence electrons. The molecule has 2 amide bonds. The molecule has 2 aromatic carbocycles. The lowest BCUT2D eigenvalue weighted by atomic mass is 9.86. The minimum Gasteiger partial charge on any atom is -0.469 e. The van der Waals surface area contributed by atoms with Gasteiger partial charge in [0.1, 0.15) is 5.69 Å². The highest BCUT2D eigenvalue weighted by atomic mass is 19.1. The zero-order chi connectivity index (χ0) is 30.8. The van der Waals surface area contributed by atoms with Gasteiger partial charge in [0.15, 0.2) is 5.82 Å². The third-order valence-corrected chi connectivity index (χ3v) is 7.86. The number of ether oxygens (including phenoxy) is 1. The minimum atomic E-state index is -2.28. The molecule has 0 radical (unpaired) electrons. The van der Waals surface area contributed by atoms with Crippen LogP contribution in [0, 0.1) is 11.7 Å². The van der Waals surface area contributed by atoms with Crippen molar-refractivity contribution in [2.75, 3.05) is 18.2 Å². The van der Waals surface area contributed by atoms with E-state index in [0.717, 1.165) is 23.2 Å². The van der Waals surface area contributed by atoms with Gasteiger partial charge in [0.2, 0.25) is 6.17 Å². The molecular formula is C31H31F2N5O5. The zero-order valence-corrected chi connectivity index (χ0v) is 23.6. The maximum Gasteiger partial charge on any atom is 0.308 e. The zero-order valence-electron chi connectivity index (χ0n) is 23.6. The first-order valence-corrected chi connectivity index (χ1v) is 13.8. The number of carbonyl (C=O) groups excluding carboxylic acids is 4. The second-order valence-electron chi connectivity index (χ2n) is 10.6.